The van der Waals surface area contributed by atoms with Crippen molar-refractivity contribution in [3.05, 3.63) is 46.6 Å². The number of thioether (sulfide) groups is 1. The molecule has 0 N–H and O–H groups in total. The summed E-state index contributed by atoms with van der Waals surface area (Å²) in [6, 6.07) is 10.9. The minimum atomic E-state index is 0.497. The summed E-state index contributed by atoms with van der Waals surface area (Å²) in [7, 11) is 0. The molecule has 3 aromatic rings. The zero-order valence-corrected chi connectivity index (χ0v) is 11.1. The molecule has 5 heteroatoms. The van der Waals surface area contributed by atoms with Gasteiger partial charge >= 0.3 is 0 Å². The van der Waals surface area contributed by atoms with Gasteiger partial charge in [-0.3, -0.25) is 0 Å². The van der Waals surface area contributed by atoms with Gasteiger partial charge in [-0.2, -0.15) is 4.73 Å². The maximum absolute atomic E-state index is 12.3. The van der Waals surface area contributed by atoms with Crippen LogP contribution >= 0.6 is 23.4 Å². The minimum absolute atomic E-state index is 0.497. The Bertz CT molecular complexity index is 761. The molecule has 1 aromatic heterocycles. The first-order valence-electron chi connectivity index (χ1n) is 5.37. The summed E-state index contributed by atoms with van der Waals surface area (Å²) in [5.41, 5.74) is 2.26. The van der Waals surface area contributed by atoms with E-state index in [2.05, 4.69) is 4.98 Å². The number of aromatic nitrogens is 2. The molecule has 3 nitrogen and oxygen atoms in total. The van der Waals surface area contributed by atoms with E-state index in [4.69, 9.17) is 11.6 Å². The van der Waals surface area contributed by atoms with Crippen LogP contribution in [0.1, 0.15) is 0 Å². The molecule has 0 aliphatic heterocycles. The van der Waals surface area contributed by atoms with Crippen LogP contribution < -0.4 is 4.73 Å². The number of fused-ring (bicyclic) bond motifs is 2. The smallest absolute Gasteiger partial charge is 0.244 e. The van der Waals surface area contributed by atoms with E-state index >= 15 is 0 Å². The van der Waals surface area contributed by atoms with E-state index < -0.39 is 0 Å². The number of halogens is 1. The predicted molar refractivity (Wildman–Crippen MR) is 75.0 cm³/mol. The van der Waals surface area contributed by atoms with Crippen molar-refractivity contribution < 1.29 is 4.73 Å². The minimum Gasteiger partial charge on any atom is -0.618 e. The molecule has 0 radical (unpaired) electrons. The highest BCUT2D eigenvalue weighted by atomic mass is 35.5. The van der Waals surface area contributed by atoms with Crippen LogP contribution in [0.2, 0.25) is 5.02 Å². The Morgan fingerprint density at radius 2 is 1.94 bits per heavy atom. The summed E-state index contributed by atoms with van der Waals surface area (Å²) in [6.45, 7) is 0. The maximum Gasteiger partial charge on any atom is 0.244 e. The van der Waals surface area contributed by atoms with E-state index in [1.165, 1.54) is 11.8 Å². The first-order valence-corrected chi connectivity index (χ1v) is 6.97. The molecule has 0 saturated carbocycles. The lowest BCUT2D eigenvalue weighted by Gasteiger charge is -2.07. The van der Waals surface area contributed by atoms with Crippen molar-refractivity contribution in [1.82, 2.24) is 4.98 Å². The van der Waals surface area contributed by atoms with Gasteiger partial charge in [-0.25, -0.2) is 4.98 Å². The van der Waals surface area contributed by atoms with Crippen molar-refractivity contribution >= 4 is 45.4 Å². The summed E-state index contributed by atoms with van der Waals surface area (Å²) in [4.78, 5) is 5.40. The van der Waals surface area contributed by atoms with E-state index in [1.54, 1.807) is 12.1 Å². The molecule has 90 valence electrons. The summed E-state index contributed by atoms with van der Waals surface area (Å²) < 4.78 is 0.883. The fourth-order valence-corrected chi connectivity index (χ4v) is 2.86. The number of hydrogen-bond donors (Lipinski definition) is 0. The Labute approximate surface area is 113 Å². The molecule has 0 aliphatic rings. The van der Waals surface area contributed by atoms with E-state index in [0.717, 1.165) is 9.63 Å². The largest absolute Gasteiger partial charge is 0.618 e. The van der Waals surface area contributed by atoms with E-state index in [-0.39, 0.29) is 0 Å². The zero-order chi connectivity index (χ0) is 12.7. The van der Waals surface area contributed by atoms with Gasteiger partial charge in [0.2, 0.25) is 11.0 Å². The Morgan fingerprint density at radius 1 is 1.17 bits per heavy atom. The predicted octanol–water partition coefficient (Wildman–Crippen LogP) is 3.40. The second kappa shape index (κ2) is 4.30. The van der Waals surface area contributed by atoms with Gasteiger partial charge in [-0.05, 0) is 18.4 Å². The van der Waals surface area contributed by atoms with Crippen LogP contribution in [-0.4, -0.2) is 11.2 Å². The molecular weight excluding hydrogens is 268 g/mol. The van der Waals surface area contributed by atoms with Crippen LogP contribution in [0.3, 0.4) is 0 Å². The van der Waals surface area contributed by atoms with Gasteiger partial charge in [-0.15, -0.1) is 11.8 Å². The summed E-state index contributed by atoms with van der Waals surface area (Å²) in [5.74, 6) is 0. The molecule has 0 spiro atoms. The van der Waals surface area contributed by atoms with Gasteiger partial charge in [0.1, 0.15) is 5.52 Å². The molecule has 0 amide bonds. The topological polar surface area (TPSA) is 39.8 Å². The first-order chi connectivity index (χ1) is 8.72. The van der Waals surface area contributed by atoms with E-state index in [1.807, 2.05) is 30.5 Å². The number of hydrogen-bond acceptors (Lipinski definition) is 3. The fraction of sp³-hybridized carbons (Fsp3) is 0.0769. The first kappa shape index (κ1) is 11.6. The molecule has 0 fully saturated rings. The molecule has 18 heavy (non-hydrogen) atoms. The summed E-state index contributed by atoms with van der Waals surface area (Å²) in [5, 5.41) is 12.8. The van der Waals surface area contributed by atoms with Gasteiger partial charge in [0, 0.05) is 17.0 Å². The molecule has 0 aliphatic carbocycles. The Kier molecular flexibility index (Phi) is 2.76. The van der Waals surface area contributed by atoms with Gasteiger partial charge in [0.05, 0.1) is 5.02 Å². The van der Waals surface area contributed by atoms with Crippen LogP contribution in [0.5, 0.6) is 0 Å². The summed E-state index contributed by atoms with van der Waals surface area (Å²) >= 11 is 7.82. The third kappa shape index (κ3) is 1.61. The maximum atomic E-state index is 12.3. The highest BCUT2D eigenvalue weighted by Gasteiger charge is 2.15. The lowest BCUT2D eigenvalue weighted by Crippen LogP contribution is -2.28. The zero-order valence-electron chi connectivity index (χ0n) is 9.55. The third-order valence-electron chi connectivity index (χ3n) is 2.83. The molecule has 2 aromatic carbocycles. The molecular formula is C13H9ClN2OS. The normalized spacial score (nSPS) is 11.2. The average Bonchev–Trinajstić information content (AvgIpc) is 2.40. The van der Waals surface area contributed by atoms with E-state index in [9.17, 15) is 5.21 Å². The van der Waals surface area contributed by atoms with Gasteiger partial charge in [0.25, 0.3) is 0 Å². The Hall–Kier alpha value is -1.52. The van der Waals surface area contributed by atoms with Crippen LogP contribution in [0.25, 0.3) is 22.1 Å². The number of para-hydroxylation sites is 2. The SMILES string of the molecule is CSc1ccc2c(nc3ccccc3[n+]2[O-])c1Cl. The molecule has 0 bridgehead atoms. The second-order valence-corrected chi connectivity index (χ2v) is 5.07. The van der Waals surface area contributed by atoms with Crippen molar-refractivity contribution in [3.8, 4) is 0 Å². The standard InChI is InChI=1S/C13H9ClN2OS/c1-18-11-7-6-10-13(12(11)14)15-8-4-2-3-5-9(8)16(10)17/h2-7H,1H3. The number of nitrogens with zero attached hydrogens (tertiary/aromatic N) is 2. The van der Waals surface area contributed by atoms with E-state index in [0.29, 0.717) is 27.1 Å². The van der Waals surface area contributed by atoms with Crippen LogP contribution in [0, 0.1) is 5.21 Å². The highest BCUT2D eigenvalue weighted by Crippen LogP contribution is 2.31. The quantitative estimate of drug-likeness (QED) is 0.296. The van der Waals surface area contributed by atoms with Crippen molar-refractivity contribution in [2.24, 2.45) is 0 Å². The monoisotopic (exact) mass is 276 g/mol. The Morgan fingerprint density at radius 3 is 2.72 bits per heavy atom. The van der Waals surface area contributed by atoms with Gasteiger partial charge in [0.15, 0.2) is 5.52 Å². The third-order valence-corrected chi connectivity index (χ3v) is 4.11. The second-order valence-electron chi connectivity index (χ2n) is 3.84. The van der Waals surface area contributed by atoms with Crippen molar-refractivity contribution in [3.63, 3.8) is 0 Å². The fourth-order valence-electron chi connectivity index (χ4n) is 1.94. The van der Waals surface area contributed by atoms with Crippen molar-refractivity contribution in [1.29, 1.82) is 0 Å². The summed E-state index contributed by atoms with van der Waals surface area (Å²) in [6.07, 6.45) is 1.94. The van der Waals surface area contributed by atoms with Crippen LogP contribution in [0.15, 0.2) is 41.3 Å². The molecule has 1 heterocycles. The van der Waals surface area contributed by atoms with Crippen molar-refractivity contribution in [2.75, 3.05) is 6.26 Å². The molecule has 0 atom stereocenters. The van der Waals surface area contributed by atoms with Gasteiger partial charge in [-0.1, -0.05) is 23.7 Å². The number of benzene rings is 2. The van der Waals surface area contributed by atoms with Gasteiger partial charge < -0.3 is 5.21 Å². The Balaban J connectivity index is 2.51. The lowest BCUT2D eigenvalue weighted by atomic mass is 10.2. The molecule has 0 saturated heterocycles. The average molecular weight is 277 g/mol. The molecule has 0 unspecified atom stereocenters. The molecule has 3 rings (SSSR count). The van der Waals surface area contributed by atoms with Crippen LogP contribution in [0.4, 0.5) is 0 Å². The number of rotatable bonds is 1. The van der Waals surface area contributed by atoms with Crippen LogP contribution in [-0.2, 0) is 0 Å². The van der Waals surface area contributed by atoms with Crippen molar-refractivity contribution in [2.45, 2.75) is 4.90 Å². The lowest BCUT2D eigenvalue weighted by molar-refractivity contribution is -0.548. The highest BCUT2D eigenvalue weighted by molar-refractivity contribution is 7.98.